The first kappa shape index (κ1) is 12.4. The Morgan fingerprint density at radius 1 is 1.10 bits per heavy atom. The van der Waals surface area contributed by atoms with Gasteiger partial charge in [-0.3, -0.25) is 0 Å². The van der Waals surface area contributed by atoms with Crippen LogP contribution in [0.5, 0.6) is 5.75 Å². The second-order valence-corrected chi connectivity index (χ2v) is 5.11. The van der Waals surface area contributed by atoms with Crippen molar-refractivity contribution < 1.29 is 5.11 Å². The molecule has 0 aliphatic carbocycles. The van der Waals surface area contributed by atoms with Crippen LogP contribution in [0.3, 0.4) is 0 Å². The van der Waals surface area contributed by atoms with E-state index in [-0.39, 0.29) is 5.75 Å². The molecule has 1 heterocycles. The van der Waals surface area contributed by atoms with Crippen LogP contribution in [0.4, 0.5) is 0 Å². The molecule has 0 amide bonds. The largest absolute Gasteiger partial charge is 0.507 e. The van der Waals surface area contributed by atoms with Gasteiger partial charge in [0.15, 0.2) is 0 Å². The highest BCUT2D eigenvalue weighted by Gasteiger charge is 2.10. The van der Waals surface area contributed by atoms with Crippen molar-refractivity contribution in [3.63, 3.8) is 0 Å². The van der Waals surface area contributed by atoms with Gasteiger partial charge in [0, 0.05) is 10.9 Å². The normalized spacial score (nSPS) is 10.2. The minimum absolute atomic E-state index is 0.221. The molecule has 1 N–H and O–H groups in total. The summed E-state index contributed by atoms with van der Waals surface area (Å²) in [6.45, 7) is 0. The van der Waals surface area contributed by atoms with E-state index < -0.39 is 0 Å². The minimum atomic E-state index is 0.221. The highest BCUT2D eigenvalue weighted by molar-refractivity contribution is 7.13. The van der Waals surface area contributed by atoms with E-state index in [2.05, 4.69) is 11.1 Å². The monoisotopic (exact) mass is 278 g/mol. The number of aromatic hydroxyl groups is 1. The van der Waals surface area contributed by atoms with Crippen molar-refractivity contribution in [1.82, 2.24) is 4.98 Å². The second-order valence-electron chi connectivity index (χ2n) is 4.25. The van der Waals surface area contributed by atoms with Gasteiger partial charge in [-0.05, 0) is 24.3 Å². The maximum absolute atomic E-state index is 9.85. The van der Waals surface area contributed by atoms with Gasteiger partial charge in [-0.25, -0.2) is 4.98 Å². The molecular formula is C16H10N2OS. The van der Waals surface area contributed by atoms with Gasteiger partial charge in [-0.1, -0.05) is 24.3 Å². The molecule has 2 aromatic carbocycles. The fraction of sp³-hybridized carbons (Fsp3) is 0. The summed E-state index contributed by atoms with van der Waals surface area (Å²) in [7, 11) is 0. The van der Waals surface area contributed by atoms with E-state index in [1.807, 2.05) is 35.7 Å². The van der Waals surface area contributed by atoms with Crippen LogP contribution >= 0.6 is 11.3 Å². The number of thiazole rings is 1. The van der Waals surface area contributed by atoms with E-state index in [1.165, 1.54) is 11.3 Å². The van der Waals surface area contributed by atoms with Gasteiger partial charge >= 0.3 is 0 Å². The second kappa shape index (κ2) is 5.16. The maximum atomic E-state index is 9.85. The van der Waals surface area contributed by atoms with Crippen LogP contribution in [-0.4, -0.2) is 10.1 Å². The van der Waals surface area contributed by atoms with Gasteiger partial charge in [0.2, 0.25) is 0 Å². The summed E-state index contributed by atoms with van der Waals surface area (Å²) in [5.41, 5.74) is 3.05. The van der Waals surface area contributed by atoms with Gasteiger partial charge in [0.1, 0.15) is 10.8 Å². The van der Waals surface area contributed by atoms with Crippen molar-refractivity contribution in [2.45, 2.75) is 0 Å². The van der Waals surface area contributed by atoms with E-state index in [1.54, 1.807) is 18.2 Å². The molecule has 3 rings (SSSR count). The molecule has 20 heavy (non-hydrogen) atoms. The zero-order chi connectivity index (χ0) is 13.9. The highest BCUT2D eigenvalue weighted by atomic mass is 32.1. The molecule has 3 aromatic rings. The topological polar surface area (TPSA) is 56.9 Å². The quantitative estimate of drug-likeness (QED) is 0.769. The van der Waals surface area contributed by atoms with Crippen molar-refractivity contribution in [1.29, 1.82) is 5.26 Å². The first-order valence-corrected chi connectivity index (χ1v) is 6.90. The molecule has 0 unspecified atom stereocenters. The average molecular weight is 278 g/mol. The lowest BCUT2D eigenvalue weighted by Gasteiger charge is -1.99. The molecular weight excluding hydrogens is 268 g/mol. The Morgan fingerprint density at radius 2 is 1.95 bits per heavy atom. The van der Waals surface area contributed by atoms with Crippen LogP contribution in [0, 0.1) is 11.3 Å². The minimum Gasteiger partial charge on any atom is -0.507 e. The third-order valence-corrected chi connectivity index (χ3v) is 3.80. The van der Waals surface area contributed by atoms with Crippen LogP contribution in [0.25, 0.3) is 21.8 Å². The summed E-state index contributed by atoms with van der Waals surface area (Å²) >= 11 is 1.47. The molecule has 0 spiro atoms. The van der Waals surface area contributed by atoms with Crippen LogP contribution < -0.4 is 0 Å². The lowest BCUT2D eigenvalue weighted by Crippen LogP contribution is -1.81. The van der Waals surface area contributed by atoms with Gasteiger partial charge in [-0.15, -0.1) is 11.3 Å². The fourth-order valence-corrected chi connectivity index (χ4v) is 2.80. The lowest BCUT2D eigenvalue weighted by molar-refractivity contribution is 0.477. The summed E-state index contributed by atoms with van der Waals surface area (Å²) in [4.78, 5) is 4.54. The summed E-state index contributed by atoms with van der Waals surface area (Å²) in [6.07, 6.45) is 0. The zero-order valence-corrected chi connectivity index (χ0v) is 11.3. The third kappa shape index (κ3) is 2.27. The molecule has 0 saturated heterocycles. The summed E-state index contributed by atoms with van der Waals surface area (Å²) in [6, 6.07) is 16.6. The van der Waals surface area contributed by atoms with Crippen molar-refractivity contribution in [3.05, 3.63) is 59.5 Å². The Hall–Kier alpha value is -2.64. The highest BCUT2D eigenvalue weighted by Crippen LogP contribution is 2.33. The summed E-state index contributed by atoms with van der Waals surface area (Å²) < 4.78 is 0. The molecule has 4 heteroatoms. The molecule has 3 nitrogen and oxygen atoms in total. The lowest BCUT2D eigenvalue weighted by atomic mass is 10.1. The molecule has 96 valence electrons. The van der Waals surface area contributed by atoms with Crippen molar-refractivity contribution in [3.8, 4) is 33.6 Å². The Kier molecular flexibility index (Phi) is 3.20. The van der Waals surface area contributed by atoms with Crippen LogP contribution in [0.15, 0.2) is 53.9 Å². The average Bonchev–Trinajstić information content (AvgIpc) is 2.97. The van der Waals surface area contributed by atoms with Crippen LogP contribution in [0.2, 0.25) is 0 Å². The number of para-hydroxylation sites is 1. The summed E-state index contributed by atoms with van der Waals surface area (Å²) in [5, 5.41) is 21.5. The maximum Gasteiger partial charge on any atom is 0.127 e. The predicted molar refractivity (Wildman–Crippen MR) is 79.4 cm³/mol. The predicted octanol–water partition coefficient (Wildman–Crippen LogP) is 4.05. The molecule has 1 aromatic heterocycles. The molecule has 0 atom stereocenters. The smallest absolute Gasteiger partial charge is 0.127 e. The van der Waals surface area contributed by atoms with Gasteiger partial charge in [0.25, 0.3) is 0 Å². The number of nitrogens with zero attached hydrogens (tertiary/aromatic N) is 2. The van der Waals surface area contributed by atoms with E-state index in [9.17, 15) is 5.11 Å². The fourth-order valence-electron chi connectivity index (χ4n) is 1.93. The molecule has 0 fully saturated rings. The molecule has 0 bridgehead atoms. The van der Waals surface area contributed by atoms with E-state index >= 15 is 0 Å². The Morgan fingerprint density at radius 3 is 2.75 bits per heavy atom. The van der Waals surface area contributed by atoms with Crippen molar-refractivity contribution in [2.24, 2.45) is 0 Å². The first-order valence-electron chi connectivity index (χ1n) is 6.02. The number of phenols is 1. The number of nitriles is 1. The number of phenolic OH excluding ortho intramolecular Hbond substituents is 1. The number of hydrogen-bond acceptors (Lipinski definition) is 4. The van der Waals surface area contributed by atoms with Crippen molar-refractivity contribution >= 4 is 11.3 Å². The Labute approximate surface area is 120 Å². The van der Waals surface area contributed by atoms with E-state index in [4.69, 9.17) is 5.26 Å². The Balaban J connectivity index is 2.02. The SMILES string of the molecule is N#Cc1cccc(-c2csc(-c3ccccc3O)n2)c1. The van der Waals surface area contributed by atoms with E-state index in [0.29, 0.717) is 5.56 Å². The number of aromatic nitrogens is 1. The first-order chi connectivity index (χ1) is 9.78. The third-order valence-electron chi connectivity index (χ3n) is 2.93. The number of benzene rings is 2. The van der Waals surface area contributed by atoms with E-state index in [0.717, 1.165) is 21.8 Å². The summed E-state index contributed by atoms with van der Waals surface area (Å²) in [5.74, 6) is 0.221. The zero-order valence-electron chi connectivity index (χ0n) is 10.4. The van der Waals surface area contributed by atoms with Gasteiger partial charge in [0.05, 0.1) is 22.9 Å². The molecule has 0 radical (unpaired) electrons. The van der Waals surface area contributed by atoms with Crippen LogP contribution in [0.1, 0.15) is 5.56 Å². The van der Waals surface area contributed by atoms with Gasteiger partial charge < -0.3 is 5.11 Å². The van der Waals surface area contributed by atoms with Crippen molar-refractivity contribution in [2.75, 3.05) is 0 Å². The number of hydrogen-bond donors (Lipinski definition) is 1. The molecule has 0 aliphatic rings. The Bertz CT molecular complexity index is 802. The standard InChI is InChI=1S/C16H10N2OS/c17-9-11-4-3-5-12(8-11)14-10-20-16(18-14)13-6-1-2-7-15(13)19/h1-8,10,19H. The number of rotatable bonds is 2. The van der Waals surface area contributed by atoms with Gasteiger partial charge in [-0.2, -0.15) is 5.26 Å². The molecule has 0 aliphatic heterocycles. The van der Waals surface area contributed by atoms with Crippen LogP contribution in [-0.2, 0) is 0 Å². The molecule has 0 saturated carbocycles.